The molecule has 1 heteroatoms. The maximum atomic E-state index is 9.98. The third kappa shape index (κ3) is 4.11. The molecule has 9 aromatic carbocycles. The van der Waals surface area contributed by atoms with Gasteiger partial charge in [0.2, 0.25) is 0 Å². The van der Waals surface area contributed by atoms with Gasteiger partial charge in [-0.25, -0.2) is 0 Å². The molecule has 52 heavy (non-hydrogen) atoms. The molecule has 244 valence electrons. The second kappa shape index (κ2) is 10.8. The first-order valence-electron chi connectivity index (χ1n) is 29.1. The van der Waals surface area contributed by atoms with Crippen molar-refractivity contribution in [3.63, 3.8) is 0 Å². The second-order valence-electron chi connectivity index (χ2n) is 12.8. The minimum Gasteiger partial charge on any atom is -0.456 e. The minimum absolute atomic E-state index is 0.122. The molecule has 0 fully saturated rings. The molecule has 1 heterocycles. The molecule has 0 spiro atoms. The Labute approximate surface area is 338 Å². The Morgan fingerprint density at radius 1 is 0.423 bits per heavy atom. The summed E-state index contributed by atoms with van der Waals surface area (Å²) in [4.78, 5) is 0. The van der Waals surface area contributed by atoms with Gasteiger partial charge in [0, 0.05) is 16.2 Å². The predicted octanol–water partition coefficient (Wildman–Crippen LogP) is 14.4. The summed E-state index contributed by atoms with van der Waals surface area (Å²) in [6, 6.07) is -17.5. The van der Waals surface area contributed by atoms with Crippen LogP contribution in [0.1, 0.15) is 60.6 Å². The Morgan fingerprint density at radius 3 is 1.79 bits per heavy atom. The summed E-state index contributed by atoms with van der Waals surface area (Å²) in [5.41, 5.74) is -5.18. The minimum atomic E-state index is -1.31. The lowest BCUT2D eigenvalue weighted by Gasteiger charge is -2.22. The van der Waals surface area contributed by atoms with E-state index < -0.39 is 221 Å². The molecule has 10 aromatic rings. The quantitative estimate of drug-likeness (QED) is 0.168. The van der Waals surface area contributed by atoms with Crippen LogP contribution in [0.2, 0.25) is 0 Å². The number of fused-ring (bicyclic) bond motifs is 10. The lowest BCUT2D eigenvalue weighted by Crippen LogP contribution is -2.14. The smallest absolute Gasteiger partial charge is 0.136 e. The van der Waals surface area contributed by atoms with Gasteiger partial charge in [-0.1, -0.05) is 153 Å². The fourth-order valence-electron chi connectivity index (χ4n) is 7.26. The molecular weight excluding hydrogens is 629 g/mol. The summed E-state index contributed by atoms with van der Waals surface area (Å²) in [7, 11) is 0. The molecule has 0 radical (unpaired) electrons. The van der Waals surface area contributed by atoms with Crippen LogP contribution in [-0.2, 0) is 5.41 Å². The average Bonchev–Trinajstić information content (AvgIpc) is 4.06. The highest BCUT2D eigenvalue weighted by Crippen LogP contribution is 2.50. The molecule has 1 nitrogen and oxygen atoms in total. The fraction of sp³-hybridized carbons (Fsp3) is 0.0588. The van der Waals surface area contributed by atoms with E-state index in [0.717, 1.165) is 0 Å². The van der Waals surface area contributed by atoms with Crippen LogP contribution < -0.4 is 0 Å². The van der Waals surface area contributed by atoms with Crippen molar-refractivity contribution in [2.24, 2.45) is 0 Å². The molecule has 11 rings (SSSR count). The van der Waals surface area contributed by atoms with E-state index in [1.165, 1.54) is 12.1 Å². The number of rotatable bonds is 3. The third-order valence-electron chi connectivity index (χ3n) is 9.62. The van der Waals surface area contributed by atoms with Gasteiger partial charge in [0.15, 0.2) is 0 Å². The highest BCUT2D eigenvalue weighted by atomic mass is 16.3. The topological polar surface area (TPSA) is 13.1 Å². The van der Waals surface area contributed by atoms with E-state index in [0.29, 0.717) is 0 Å². The summed E-state index contributed by atoms with van der Waals surface area (Å²) in [6.07, 6.45) is 0. The Kier molecular flexibility index (Phi) is 2.82. The van der Waals surface area contributed by atoms with Gasteiger partial charge in [-0.15, -0.1) is 0 Å². The van der Waals surface area contributed by atoms with E-state index in [4.69, 9.17) is 23.6 Å². The molecule has 1 aliphatic rings. The molecule has 0 unspecified atom stereocenters. The van der Waals surface area contributed by atoms with E-state index in [9.17, 15) is 16.4 Å². The van der Waals surface area contributed by atoms with Crippen molar-refractivity contribution in [1.82, 2.24) is 0 Å². The highest BCUT2D eigenvalue weighted by molar-refractivity contribution is 6.23. The van der Waals surface area contributed by atoms with Crippen LogP contribution in [-0.4, -0.2) is 0 Å². The van der Waals surface area contributed by atoms with E-state index in [1.807, 2.05) is 0 Å². The van der Waals surface area contributed by atoms with Crippen LogP contribution in [0.5, 0.6) is 0 Å². The number of hydrogen-bond donors (Lipinski definition) is 0. The lowest BCUT2D eigenvalue weighted by molar-refractivity contribution is 0.660. The monoisotopic (exact) mass is 688 g/mol. The Morgan fingerprint density at radius 2 is 1.04 bits per heavy atom. The fourth-order valence-corrected chi connectivity index (χ4v) is 7.26. The van der Waals surface area contributed by atoms with E-state index in [2.05, 4.69) is 0 Å². The van der Waals surface area contributed by atoms with E-state index in [1.54, 1.807) is 13.8 Å². The van der Waals surface area contributed by atoms with Crippen LogP contribution in [0.15, 0.2) is 174 Å². The zero-order valence-corrected chi connectivity index (χ0v) is 27.1. The maximum Gasteiger partial charge on any atom is 0.136 e. The zero-order valence-electron chi connectivity index (χ0n) is 53.1. The summed E-state index contributed by atoms with van der Waals surface area (Å²) in [6.45, 7) is 3.25. The molecule has 0 atom stereocenters. The van der Waals surface area contributed by atoms with Crippen molar-refractivity contribution >= 4 is 54.3 Å². The van der Waals surface area contributed by atoms with Gasteiger partial charge in [0.1, 0.15) is 11.2 Å². The number of benzene rings is 9. The van der Waals surface area contributed by atoms with Crippen molar-refractivity contribution in [2.45, 2.75) is 19.3 Å². The first-order chi connectivity index (χ1) is 36.4. The van der Waals surface area contributed by atoms with Gasteiger partial charge in [-0.3, -0.25) is 0 Å². The van der Waals surface area contributed by atoms with Gasteiger partial charge >= 0.3 is 0 Å². The van der Waals surface area contributed by atoms with Gasteiger partial charge in [0.05, 0.1) is 35.6 Å². The summed E-state index contributed by atoms with van der Waals surface area (Å²) < 4.78 is 243. The van der Waals surface area contributed by atoms with Crippen LogP contribution in [0, 0.1) is 0 Å². The molecule has 1 aliphatic carbocycles. The highest BCUT2D eigenvalue weighted by Gasteiger charge is 2.35. The maximum absolute atomic E-state index is 9.98. The third-order valence-corrected chi connectivity index (χ3v) is 9.62. The molecule has 0 bridgehead atoms. The largest absolute Gasteiger partial charge is 0.456 e. The van der Waals surface area contributed by atoms with Crippen molar-refractivity contribution in [1.29, 1.82) is 0 Å². The molecule has 0 saturated carbocycles. The first-order valence-corrected chi connectivity index (χ1v) is 16.1. The van der Waals surface area contributed by atoms with Gasteiger partial charge in [-0.05, 0) is 118 Å². The first kappa shape index (κ1) is 13.6. The zero-order chi connectivity index (χ0) is 57.2. The molecular formula is C51H34O. The van der Waals surface area contributed by atoms with Crippen molar-refractivity contribution in [3.05, 3.63) is 180 Å². The van der Waals surface area contributed by atoms with Crippen LogP contribution in [0.25, 0.3) is 98.8 Å². The number of hydrogen-bond acceptors (Lipinski definition) is 1. The SMILES string of the molecule is [2H]c1c([2H])c(-c2ccc3c(c2[2H])C(C)(C)c2c([2H])c([2H])c([2H])c([2H])c2-3)c([2H])c(-c2c3c([2H])c([2H])c([2H])c([2H])c3c(-c3c([2H])c([2H])c4oc5c([2H])c([2H])c6c([2H])c([2H])c([2H])c([2H])c6c5c4c3[2H])c3c([2H])c([2H])c([2H])c([2H])c23)c1[2H]. The molecule has 0 aliphatic heterocycles. The Bertz CT molecular complexity index is 4510. The van der Waals surface area contributed by atoms with Crippen molar-refractivity contribution in [2.75, 3.05) is 0 Å². The van der Waals surface area contributed by atoms with Crippen LogP contribution >= 0.6 is 0 Å². The van der Waals surface area contributed by atoms with Crippen molar-refractivity contribution in [3.8, 4) is 44.5 Å². The molecule has 0 saturated heterocycles. The summed E-state index contributed by atoms with van der Waals surface area (Å²) >= 11 is 0. The Balaban J connectivity index is 1.35. The molecule has 0 amide bonds. The van der Waals surface area contributed by atoms with Gasteiger partial charge in [-0.2, -0.15) is 0 Å². The summed E-state index contributed by atoms with van der Waals surface area (Å²) in [5.74, 6) is 0. The predicted molar refractivity (Wildman–Crippen MR) is 220 cm³/mol. The summed E-state index contributed by atoms with van der Waals surface area (Å²) in [5, 5.41) is -4.42. The van der Waals surface area contributed by atoms with E-state index >= 15 is 0 Å². The van der Waals surface area contributed by atoms with Crippen LogP contribution in [0.3, 0.4) is 0 Å². The van der Waals surface area contributed by atoms with Gasteiger partial charge in [0.25, 0.3) is 0 Å². The van der Waals surface area contributed by atoms with E-state index in [-0.39, 0.29) is 51.3 Å². The van der Waals surface area contributed by atoms with Crippen molar-refractivity contribution < 1.29 is 40.1 Å². The van der Waals surface area contributed by atoms with Gasteiger partial charge < -0.3 is 4.42 Å². The standard InChI is InChI=1S/C51H34O/c1-51(2)44-21-10-9-16-37(44)38-25-22-33(30-45(38)51)32-13-11-14-34(28-32)48-39-17-5-7-19-41(39)49(42-20-8-6-18-40(42)48)35-24-26-46-43(29-35)50-36-15-4-3-12-31(36)23-27-47(50)52-46/h3-30H,1-2H3/i3D,4D,5D,6D,7D,8D,9D,10D,11D,12D,13D,14D,15D,16D,17D,18D,19D,20D,21D,23D,24D,26D,27D,28D,29D,30D. The van der Waals surface area contributed by atoms with Crippen LogP contribution in [0.4, 0.5) is 0 Å². The normalized spacial score (nSPS) is 20.3. The molecule has 0 N–H and O–H groups in total. The average molecular weight is 689 g/mol. The Hall–Kier alpha value is -6.44. The second-order valence-corrected chi connectivity index (χ2v) is 12.8. The number of furan rings is 1. The lowest BCUT2D eigenvalue weighted by atomic mass is 9.81. The molecule has 1 aromatic heterocycles.